The van der Waals surface area contributed by atoms with Gasteiger partial charge in [-0.2, -0.15) is 11.8 Å². The molecule has 47 heteroatoms. The molecule has 0 aliphatic carbocycles. The molecule has 10 heterocycles. The second-order valence-electron chi connectivity index (χ2n) is 30.7. The fraction of sp³-hybridized carbons (Fsp3) is 0.806. The van der Waals surface area contributed by atoms with E-state index in [1.165, 1.54) is 18.2 Å². The lowest BCUT2D eigenvalue weighted by Gasteiger charge is -2.48. The summed E-state index contributed by atoms with van der Waals surface area (Å²) in [5.74, 6) is -0.283. The predicted molar refractivity (Wildman–Crippen MR) is 394 cm³/mol. The predicted octanol–water partition coefficient (Wildman–Crippen LogP) is -10.5. The largest absolute Gasteiger partial charge is 0.394 e. The van der Waals surface area contributed by atoms with Gasteiger partial charge in [-0.1, -0.05) is 29.7 Å². The van der Waals surface area contributed by atoms with Gasteiger partial charge in [-0.15, -0.1) is 10.2 Å². The van der Waals surface area contributed by atoms with E-state index in [9.17, 15) is 121 Å². The number of thioether (sulfide) groups is 1. The van der Waals surface area contributed by atoms with Crippen molar-refractivity contribution in [1.29, 1.82) is 0 Å². The Morgan fingerprint density at radius 1 is 0.445 bits per heavy atom. The highest BCUT2D eigenvalue weighted by atomic mass is 32.2. The number of rotatable bonds is 41. The third kappa shape index (κ3) is 23.5. The molecule has 4 amide bonds. The number of carbonyl (C=O) groups excluding carboxylic acids is 4. The van der Waals surface area contributed by atoms with Crippen LogP contribution < -0.4 is 21.3 Å². The molecular weight excluding hydrogens is 1610 g/mol. The zero-order chi connectivity index (χ0) is 85.5. The highest BCUT2D eigenvalue weighted by molar-refractivity contribution is 8.00. The summed E-state index contributed by atoms with van der Waals surface area (Å²) in [5.41, 5.74) is 1.05. The van der Waals surface area contributed by atoms with Crippen LogP contribution in [-0.2, 0) is 92.6 Å². The Labute approximate surface area is 684 Å². The van der Waals surface area contributed by atoms with E-state index in [0.717, 1.165) is 18.6 Å². The molecule has 0 radical (unpaired) electrons. The summed E-state index contributed by atoms with van der Waals surface area (Å²) in [6.07, 6.45) is -41.3. The average Bonchev–Trinajstić information content (AvgIpc) is 1.26. The number of aromatic nitrogens is 6. The van der Waals surface area contributed by atoms with Gasteiger partial charge in [0, 0.05) is 67.3 Å². The van der Waals surface area contributed by atoms with E-state index in [0.29, 0.717) is 88.2 Å². The molecule has 2 aromatic heterocycles. The number of aryl methyl sites for hydroxylation is 2. The number of anilines is 1. The molecular formula is C72H112N10O36S. The Balaban J connectivity index is 0.598. The van der Waals surface area contributed by atoms with Gasteiger partial charge in [-0.25, -0.2) is 0 Å². The number of ether oxygens (including phenoxy) is 12. The Hall–Kier alpha value is -5.55. The summed E-state index contributed by atoms with van der Waals surface area (Å²) in [7, 11) is 0. The number of aliphatic hydroxyl groups is 20. The van der Waals surface area contributed by atoms with Crippen molar-refractivity contribution in [2.45, 2.75) is 299 Å². The van der Waals surface area contributed by atoms with Crippen molar-refractivity contribution in [3.05, 3.63) is 53.1 Å². The summed E-state index contributed by atoms with van der Waals surface area (Å²) in [6.45, 7) is -4.22. The average molecular weight is 1730 g/mol. The molecule has 8 fully saturated rings. The Morgan fingerprint density at radius 2 is 0.815 bits per heavy atom. The van der Waals surface area contributed by atoms with Crippen LogP contribution in [0.15, 0.2) is 30.6 Å². The fourth-order valence-electron chi connectivity index (χ4n) is 15.4. The third-order valence-corrected chi connectivity index (χ3v) is 23.7. The lowest BCUT2D eigenvalue weighted by Crippen LogP contribution is -2.66. The first-order valence-electron chi connectivity index (χ1n) is 39.8. The van der Waals surface area contributed by atoms with Crippen molar-refractivity contribution < 1.29 is 178 Å². The molecule has 0 bridgehead atoms. The molecule has 8 saturated heterocycles. The van der Waals surface area contributed by atoms with Crippen LogP contribution in [0, 0.1) is 5.92 Å². The highest BCUT2D eigenvalue weighted by Gasteiger charge is 2.57. The Bertz CT molecular complexity index is 3650. The maximum atomic E-state index is 13.9. The molecule has 672 valence electrons. The molecule has 0 saturated carbocycles. The van der Waals surface area contributed by atoms with Gasteiger partial charge >= 0.3 is 0 Å². The number of fused-ring (bicyclic) bond motifs is 1. The van der Waals surface area contributed by atoms with Crippen LogP contribution in [0.3, 0.4) is 0 Å². The maximum Gasteiger partial charge on any atom is 0.251 e. The van der Waals surface area contributed by atoms with Crippen LogP contribution in [0.2, 0.25) is 0 Å². The second-order valence-corrected chi connectivity index (χ2v) is 31.9. The minimum absolute atomic E-state index is 0.00889. The van der Waals surface area contributed by atoms with Crippen molar-refractivity contribution in [3.8, 4) is 0 Å². The molecule has 8 aliphatic rings. The van der Waals surface area contributed by atoms with E-state index in [1.807, 2.05) is 11.8 Å². The van der Waals surface area contributed by atoms with Crippen LogP contribution in [0.25, 0.3) is 0 Å². The van der Waals surface area contributed by atoms with Crippen molar-refractivity contribution in [2.24, 2.45) is 5.92 Å². The molecule has 8 aliphatic heterocycles. The molecule has 119 heavy (non-hydrogen) atoms. The van der Waals surface area contributed by atoms with Crippen LogP contribution in [0.5, 0.6) is 0 Å². The van der Waals surface area contributed by atoms with Crippen LogP contribution in [0.4, 0.5) is 5.69 Å². The minimum atomic E-state index is -2.00. The van der Waals surface area contributed by atoms with E-state index in [2.05, 4.69) is 41.9 Å². The number of carbonyl (C=O) groups is 4. The van der Waals surface area contributed by atoms with Crippen molar-refractivity contribution in [3.63, 3.8) is 0 Å². The monoisotopic (exact) mass is 1720 g/mol. The van der Waals surface area contributed by atoms with Gasteiger partial charge in [0.25, 0.3) is 11.8 Å². The number of hydrogen-bond donors (Lipinski definition) is 24. The summed E-state index contributed by atoms with van der Waals surface area (Å²) in [6, 6.07) is 4.38. The van der Waals surface area contributed by atoms with E-state index in [4.69, 9.17) is 56.8 Å². The number of nitrogens with zero attached hydrogens (tertiary/aromatic N) is 6. The number of hydrogen-bond acceptors (Lipinski definition) is 41. The van der Waals surface area contributed by atoms with Gasteiger partial charge in [-0.05, 0) is 74.8 Å². The summed E-state index contributed by atoms with van der Waals surface area (Å²) in [5, 5.41) is 239. The zero-order valence-corrected chi connectivity index (χ0v) is 65.5. The van der Waals surface area contributed by atoms with Crippen LogP contribution in [0.1, 0.15) is 109 Å². The molecule has 33 atom stereocenters. The zero-order valence-electron chi connectivity index (χ0n) is 64.7. The lowest BCUT2D eigenvalue weighted by molar-refractivity contribution is -0.379. The van der Waals surface area contributed by atoms with Crippen molar-refractivity contribution in [2.75, 3.05) is 63.9 Å². The number of amides is 4. The number of nitrogens with one attached hydrogen (secondary N) is 4. The molecule has 46 nitrogen and oxygen atoms in total. The minimum Gasteiger partial charge on any atom is -0.394 e. The van der Waals surface area contributed by atoms with Gasteiger partial charge < -0.3 is 180 Å². The Morgan fingerprint density at radius 3 is 1.23 bits per heavy atom. The van der Waals surface area contributed by atoms with Crippen molar-refractivity contribution in [1.82, 2.24) is 45.9 Å². The van der Waals surface area contributed by atoms with E-state index in [-0.39, 0.29) is 72.6 Å². The normalized spacial score (nSPS) is 38.0. The van der Waals surface area contributed by atoms with Gasteiger partial charge in [-0.3, -0.25) is 28.5 Å². The maximum absolute atomic E-state index is 13.9. The molecule has 11 rings (SSSR count). The van der Waals surface area contributed by atoms with Crippen LogP contribution in [-0.4, -0.2) is 410 Å². The van der Waals surface area contributed by atoms with E-state index < -0.39 is 236 Å². The lowest BCUT2D eigenvalue weighted by atomic mass is 9.96. The Kier molecular flexibility index (Phi) is 35.1. The van der Waals surface area contributed by atoms with Gasteiger partial charge in [0.2, 0.25) is 11.8 Å². The SMILES string of the molecule is O=C(CCCC[C@H]1SC[C@H]2CC(=O)N[C@H]21)Nc1cc(C(=O)NCc2cn(CCCCCCO[C@@H]3OC(CO)[C@@H](O[C@@H]4OC(CO)[C@H](O[C@@H]5OC(CO)[C@H](O)[C@H](O)C5O)[C@H](O)C4O)[C@H](O)C3O)nn2)cc(C(=O)NCc2cn(CCCCCO[C@@H]3OC(CO)[C@@H](O[C@@H]4OC(CO)[C@H](O[C@@H]5OC(CO)[C@H](O)[C@H](O)C5O)[C@H](O)C4O)[C@H](O)C3O)nn2)c1. The smallest absolute Gasteiger partial charge is 0.251 e. The standard InChI is InChI=1S/C72H112N10O36S/c83-24-37-47(91)49(93)55(99)69(109-37)115-63-41(28-87)113-71(59(103)53(63)97)117-61-39(26-85)111-67(57(101)51(61)95)107-14-8-2-1-6-12-81-22-35(77-79-81)20-73-65(105)31-16-32(18-34(17-31)75-44(89)11-5-4-10-43-46-33(30-119-43)19-45(90)76-46)66(106)74-21-36-23-82(80-78-36)13-7-3-9-15-108-68-58(102)52(96)62(40(27-86)112-68)118-72-60(104)54(98)64(42(29-88)114-72)116-70-56(100)50(94)48(92)38(25-84)110-70/h16-18,22-23,33,37-43,46-64,67-72,83-88,91-104H,1-15,19-21,24-30H2,(H,73,105)(H,74,106)(H,75,89)(H,76,90)/t33-,37?,38?,39?,40?,41?,42?,43-,46-,47+,48+,49+,50+,51-,52-,53-,54-,55?,56?,57?,58?,59?,60?,61-,62-,63+,64+,67-,68-,69+,70+,71+,72+/m1/s1. The third-order valence-electron chi connectivity index (χ3n) is 22.1. The molecule has 24 N–H and O–H groups in total. The topological polar surface area (TPSA) is 693 Å². The number of unbranched alkanes of at least 4 members (excludes halogenated alkanes) is 6. The molecule has 12 unspecified atom stereocenters. The summed E-state index contributed by atoms with van der Waals surface area (Å²) < 4.78 is 70.8. The van der Waals surface area contributed by atoms with Gasteiger partial charge in [0.05, 0.1) is 65.1 Å². The molecule has 1 aromatic carbocycles. The first-order chi connectivity index (χ1) is 57.1. The first-order valence-corrected chi connectivity index (χ1v) is 40.9. The van der Waals surface area contributed by atoms with E-state index in [1.54, 1.807) is 21.8 Å². The van der Waals surface area contributed by atoms with Gasteiger partial charge in [0.1, 0.15) is 158 Å². The number of aliphatic hydroxyl groups excluding tert-OH is 20. The highest BCUT2D eigenvalue weighted by Crippen LogP contribution is 2.41. The fourth-order valence-corrected chi connectivity index (χ4v) is 17.0. The van der Waals surface area contributed by atoms with Crippen LogP contribution >= 0.6 is 11.8 Å². The quantitative estimate of drug-likeness (QED) is 0.0235. The first kappa shape index (κ1) is 94.1. The van der Waals surface area contributed by atoms with Crippen molar-refractivity contribution >= 4 is 41.1 Å². The molecule has 0 spiro atoms. The second kappa shape index (κ2) is 44.4. The molecule has 3 aromatic rings. The van der Waals surface area contributed by atoms with E-state index >= 15 is 0 Å². The number of benzene rings is 1. The van der Waals surface area contributed by atoms with Gasteiger partial charge in [0.15, 0.2) is 37.7 Å². The summed E-state index contributed by atoms with van der Waals surface area (Å²) in [4.78, 5) is 53.3. The summed E-state index contributed by atoms with van der Waals surface area (Å²) >= 11 is 1.83.